The maximum Gasteiger partial charge on any atom is 0.241 e. The first kappa shape index (κ1) is 15.0. The minimum absolute atomic E-state index is 0. The molecule has 1 aliphatic rings. The molecule has 2 N–H and O–H groups in total. The van der Waals surface area contributed by atoms with Crippen LogP contribution in [0.5, 0.6) is 0 Å². The molecule has 1 atom stereocenters. The van der Waals surface area contributed by atoms with E-state index < -0.39 is 0 Å². The highest BCUT2D eigenvalue weighted by molar-refractivity contribution is 5.94. The summed E-state index contributed by atoms with van der Waals surface area (Å²) in [6.07, 6.45) is 4.25. The van der Waals surface area contributed by atoms with Crippen molar-refractivity contribution in [3.05, 3.63) is 29.8 Å². The van der Waals surface area contributed by atoms with E-state index >= 15 is 0 Å². The second kappa shape index (κ2) is 7.39. The highest BCUT2D eigenvalue weighted by atomic mass is 35.5. The summed E-state index contributed by atoms with van der Waals surface area (Å²) in [5.41, 5.74) is 2.15. The van der Waals surface area contributed by atoms with Crippen molar-refractivity contribution in [3.8, 4) is 0 Å². The Labute approximate surface area is 115 Å². The fraction of sp³-hybridized carbons (Fsp3) is 0.500. The van der Waals surface area contributed by atoms with Gasteiger partial charge in [0.1, 0.15) is 0 Å². The first-order chi connectivity index (χ1) is 8.29. The molecule has 1 aromatic rings. The molecule has 0 unspecified atom stereocenters. The first-order valence-corrected chi connectivity index (χ1v) is 6.43. The summed E-state index contributed by atoms with van der Waals surface area (Å²) >= 11 is 0. The number of hydrogen-bond donors (Lipinski definition) is 2. The van der Waals surface area contributed by atoms with E-state index in [4.69, 9.17) is 0 Å². The number of carbonyl (C=O) groups excluding carboxylic acids is 1. The Morgan fingerprint density at radius 3 is 2.94 bits per heavy atom. The lowest BCUT2D eigenvalue weighted by Gasteiger charge is -2.22. The molecule has 0 radical (unpaired) electrons. The second-order valence-electron chi connectivity index (χ2n) is 4.55. The second-order valence-corrected chi connectivity index (χ2v) is 4.55. The van der Waals surface area contributed by atoms with Crippen LogP contribution in [0.3, 0.4) is 0 Å². The third-order valence-electron chi connectivity index (χ3n) is 3.23. The van der Waals surface area contributed by atoms with Gasteiger partial charge in [0, 0.05) is 5.69 Å². The van der Waals surface area contributed by atoms with E-state index in [-0.39, 0.29) is 24.4 Å². The molecule has 1 saturated heterocycles. The topological polar surface area (TPSA) is 41.1 Å². The summed E-state index contributed by atoms with van der Waals surface area (Å²) < 4.78 is 0. The van der Waals surface area contributed by atoms with Crippen LogP contribution in [0, 0.1) is 0 Å². The molecule has 4 heteroatoms. The van der Waals surface area contributed by atoms with Crippen LogP contribution >= 0.6 is 12.4 Å². The summed E-state index contributed by atoms with van der Waals surface area (Å²) in [6, 6.07) is 8.03. The van der Waals surface area contributed by atoms with Crippen LogP contribution in [0.4, 0.5) is 5.69 Å². The fourth-order valence-corrected chi connectivity index (χ4v) is 2.17. The van der Waals surface area contributed by atoms with Gasteiger partial charge < -0.3 is 10.6 Å². The summed E-state index contributed by atoms with van der Waals surface area (Å²) in [5, 5.41) is 6.24. The quantitative estimate of drug-likeness (QED) is 0.885. The predicted molar refractivity (Wildman–Crippen MR) is 77.3 cm³/mol. The molecule has 1 amide bonds. The summed E-state index contributed by atoms with van der Waals surface area (Å²) in [5.74, 6) is 0.0953. The zero-order chi connectivity index (χ0) is 12.1. The molecule has 0 aromatic heterocycles. The summed E-state index contributed by atoms with van der Waals surface area (Å²) in [4.78, 5) is 12.0. The molecule has 0 spiro atoms. The van der Waals surface area contributed by atoms with Gasteiger partial charge in [0.25, 0.3) is 0 Å². The van der Waals surface area contributed by atoms with Crippen molar-refractivity contribution in [2.45, 2.75) is 38.6 Å². The van der Waals surface area contributed by atoms with Gasteiger partial charge in [0.05, 0.1) is 6.04 Å². The third-order valence-corrected chi connectivity index (χ3v) is 3.23. The number of nitrogens with one attached hydrogen (secondary N) is 2. The molecule has 0 saturated carbocycles. The number of halogens is 1. The van der Waals surface area contributed by atoms with Crippen molar-refractivity contribution in [1.82, 2.24) is 5.32 Å². The molecule has 1 aromatic carbocycles. The monoisotopic (exact) mass is 268 g/mol. The van der Waals surface area contributed by atoms with Crippen molar-refractivity contribution in [2.75, 3.05) is 11.9 Å². The standard InChI is InChI=1S/C14H20N2O.ClH/c1-2-11-6-5-7-12(10-11)16-14(17)13-8-3-4-9-15-13;/h5-7,10,13,15H,2-4,8-9H2,1H3,(H,16,17);1H/t13-;/m1./s1. The van der Waals surface area contributed by atoms with Gasteiger partial charge in [-0.3, -0.25) is 4.79 Å². The van der Waals surface area contributed by atoms with Crippen molar-refractivity contribution in [1.29, 1.82) is 0 Å². The smallest absolute Gasteiger partial charge is 0.241 e. The largest absolute Gasteiger partial charge is 0.325 e. The normalized spacial score (nSPS) is 18.8. The van der Waals surface area contributed by atoms with Gasteiger partial charge in [0.2, 0.25) is 5.91 Å². The van der Waals surface area contributed by atoms with Crippen LogP contribution in [0.15, 0.2) is 24.3 Å². The Morgan fingerprint density at radius 1 is 1.44 bits per heavy atom. The minimum Gasteiger partial charge on any atom is -0.325 e. The molecule has 1 heterocycles. The number of benzene rings is 1. The predicted octanol–water partition coefficient (Wildman–Crippen LogP) is 2.75. The van der Waals surface area contributed by atoms with Crippen LogP contribution in [-0.4, -0.2) is 18.5 Å². The van der Waals surface area contributed by atoms with E-state index in [1.165, 1.54) is 12.0 Å². The average Bonchev–Trinajstić information content (AvgIpc) is 2.40. The van der Waals surface area contributed by atoms with Crippen LogP contribution in [-0.2, 0) is 11.2 Å². The molecular weight excluding hydrogens is 248 g/mol. The number of piperidine rings is 1. The van der Waals surface area contributed by atoms with Crippen molar-refractivity contribution in [2.24, 2.45) is 0 Å². The van der Waals surface area contributed by atoms with Gasteiger partial charge in [0.15, 0.2) is 0 Å². The molecular formula is C14H21ClN2O. The third kappa shape index (κ3) is 4.00. The molecule has 100 valence electrons. The summed E-state index contributed by atoms with van der Waals surface area (Å²) in [6.45, 7) is 3.07. The Morgan fingerprint density at radius 2 is 2.28 bits per heavy atom. The van der Waals surface area contributed by atoms with E-state index in [1.54, 1.807) is 0 Å². The molecule has 2 rings (SSSR count). The van der Waals surface area contributed by atoms with Crippen LogP contribution < -0.4 is 10.6 Å². The number of hydrogen-bond acceptors (Lipinski definition) is 2. The van der Waals surface area contributed by atoms with Gasteiger partial charge in [-0.1, -0.05) is 25.5 Å². The van der Waals surface area contributed by atoms with Crippen LogP contribution in [0.25, 0.3) is 0 Å². The minimum atomic E-state index is -0.0194. The fourth-order valence-electron chi connectivity index (χ4n) is 2.17. The van der Waals surface area contributed by atoms with Crippen molar-refractivity contribution in [3.63, 3.8) is 0 Å². The van der Waals surface area contributed by atoms with Gasteiger partial charge >= 0.3 is 0 Å². The van der Waals surface area contributed by atoms with Crippen molar-refractivity contribution < 1.29 is 4.79 Å². The Bertz CT molecular complexity index is 389. The Balaban J connectivity index is 0.00000162. The lowest BCUT2D eigenvalue weighted by molar-refractivity contribution is -0.118. The van der Waals surface area contributed by atoms with Gasteiger partial charge in [-0.25, -0.2) is 0 Å². The van der Waals surface area contributed by atoms with Crippen LogP contribution in [0.1, 0.15) is 31.7 Å². The van der Waals surface area contributed by atoms with Gasteiger partial charge in [-0.05, 0) is 43.5 Å². The maximum absolute atomic E-state index is 12.0. The first-order valence-electron chi connectivity index (χ1n) is 6.43. The van der Waals surface area contributed by atoms with E-state index in [2.05, 4.69) is 23.6 Å². The molecule has 0 aliphatic carbocycles. The molecule has 3 nitrogen and oxygen atoms in total. The zero-order valence-corrected chi connectivity index (χ0v) is 11.6. The number of carbonyl (C=O) groups is 1. The SMILES string of the molecule is CCc1cccc(NC(=O)[C@H]2CCCCN2)c1.Cl. The van der Waals surface area contributed by atoms with Gasteiger partial charge in [-0.2, -0.15) is 0 Å². The highest BCUT2D eigenvalue weighted by Gasteiger charge is 2.20. The average molecular weight is 269 g/mol. The highest BCUT2D eigenvalue weighted by Crippen LogP contribution is 2.13. The number of aryl methyl sites for hydroxylation is 1. The molecule has 18 heavy (non-hydrogen) atoms. The maximum atomic E-state index is 12.0. The Kier molecular flexibility index (Phi) is 6.16. The zero-order valence-electron chi connectivity index (χ0n) is 10.7. The van der Waals surface area contributed by atoms with E-state index in [0.717, 1.165) is 31.5 Å². The lowest BCUT2D eigenvalue weighted by atomic mass is 10.0. The van der Waals surface area contributed by atoms with Crippen LogP contribution in [0.2, 0.25) is 0 Å². The number of anilines is 1. The van der Waals surface area contributed by atoms with E-state index in [9.17, 15) is 4.79 Å². The lowest BCUT2D eigenvalue weighted by Crippen LogP contribution is -2.43. The number of rotatable bonds is 3. The number of amides is 1. The van der Waals surface area contributed by atoms with E-state index in [0.29, 0.717) is 0 Å². The summed E-state index contributed by atoms with van der Waals surface area (Å²) in [7, 11) is 0. The molecule has 0 bridgehead atoms. The Hall–Kier alpha value is -1.06. The molecule has 1 aliphatic heterocycles. The van der Waals surface area contributed by atoms with E-state index in [1.807, 2.05) is 18.2 Å². The molecule has 1 fully saturated rings. The van der Waals surface area contributed by atoms with Crippen molar-refractivity contribution >= 4 is 24.0 Å². The van der Waals surface area contributed by atoms with Gasteiger partial charge in [-0.15, -0.1) is 12.4 Å².